The lowest BCUT2D eigenvalue weighted by atomic mass is 10.2. The van der Waals surface area contributed by atoms with Crippen LogP contribution in [0.4, 0.5) is 13.2 Å². The van der Waals surface area contributed by atoms with E-state index in [0.717, 1.165) is 16.7 Å². The smallest absolute Gasteiger partial charge is 0.417 e. The van der Waals surface area contributed by atoms with Crippen LogP contribution in [0.3, 0.4) is 0 Å². The molecule has 27 heavy (non-hydrogen) atoms. The van der Waals surface area contributed by atoms with Gasteiger partial charge in [0.2, 0.25) is 0 Å². The highest BCUT2D eigenvalue weighted by atomic mass is 35.5. The van der Waals surface area contributed by atoms with Crippen LogP contribution in [0.15, 0.2) is 30.5 Å². The predicted octanol–water partition coefficient (Wildman–Crippen LogP) is 3.99. The first kappa shape index (κ1) is 19.2. The maximum atomic E-state index is 12.9. The molecular weight excluding hydrogens is 408 g/mol. The highest BCUT2D eigenvalue weighted by Crippen LogP contribution is 2.33. The summed E-state index contributed by atoms with van der Waals surface area (Å²) in [5.74, 6) is -0.168. The van der Waals surface area contributed by atoms with E-state index in [0.29, 0.717) is 0 Å². The number of halogens is 5. The molecule has 1 N–H and O–H groups in total. The van der Waals surface area contributed by atoms with Crippen molar-refractivity contribution in [2.75, 3.05) is 7.11 Å². The van der Waals surface area contributed by atoms with Crippen LogP contribution in [0.2, 0.25) is 10.0 Å². The molecular formula is C16H11Cl2F3N4O2. The Morgan fingerprint density at radius 1 is 1.22 bits per heavy atom. The van der Waals surface area contributed by atoms with Crippen LogP contribution in [-0.2, 0) is 12.7 Å². The third-order valence-corrected chi connectivity index (χ3v) is 4.23. The minimum absolute atomic E-state index is 0.134. The molecule has 0 atom stereocenters. The average molecular weight is 419 g/mol. The number of carbonyl (C=O) groups excluding carboxylic acids is 1. The number of hydrogen-bond donors (Lipinski definition) is 1. The number of benzene rings is 1. The number of pyridine rings is 1. The highest BCUT2D eigenvalue weighted by Gasteiger charge is 2.31. The second kappa shape index (κ2) is 7.24. The zero-order chi connectivity index (χ0) is 19.8. The van der Waals surface area contributed by atoms with E-state index in [1.54, 1.807) is 0 Å². The fourth-order valence-electron chi connectivity index (χ4n) is 2.37. The van der Waals surface area contributed by atoms with Crippen LogP contribution < -0.4 is 10.1 Å². The van der Waals surface area contributed by atoms with Gasteiger partial charge in [0.05, 0.1) is 29.3 Å². The van der Waals surface area contributed by atoms with Crippen molar-refractivity contribution in [2.45, 2.75) is 12.7 Å². The van der Waals surface area contributed by atoms with Crippen LogP contribution in [0, 0.1) is 0 Å². The van der Waals surface area contributed by atoms with Crippen LogP contribution >= 0.6 is 23.2 Å². The zero-order valence-corrected chi connectivity index (χ0v) is 15.2. The van der Waals surface area contributed by atoms with Crippen molar-refractivity contribution < 1.29 is 22.7 Å². The number of ether oxygens (including phenoxy) is 1. The fourth-order valence-corrected chi connectivity index (χ4v) is 3.02. The minimum atomic E-state index is -4.50. The summed E-state index contributed by atoms with van der Waals surface area (Å²) in [5.41, 5.74) is -0.463. The molecule has 0 unspecified atom stereocenters. The first-order valence-corrected chi connectivity index (χ1v) is 8.18. The summed E-state index contributed by atoms with van der Waals surface area (Å²) in [6, 6.07) is 4.84. The minimum Gasteiger partial charge on any atom is -0.494 e. The number of nitrogens with zero attached hydrogens (tertiary/aromatic N) is 3. The SMILES string of the molecule is COc1c(Cl)cc(C(=O)NCc2nnc3ccc(C(F)(F)F)cn23)cc1Cl. The standard InChI is InChI=1S/C16H11Cl2F3N4O2/c1-27-14-10(17)4-8(5-11(14)18)15(26)22-6-13-24-23-12-3-2-9(7-25(12)13)16(19,20)21/h2-5,7H,6H2,1H3,(H,22,26). The number of amides is 1. The van der Waals surface area contributed by atoms with Crippen molar-refractivity contribution in [3.63, 3.8) is 0 Å². The molecule has 2 heterocycles. The largest absolute Gasteiger partial charge is 0.494 e. The first-order chi connectivity index (χ1) is 12.7. The fraction of sp³-hybridized carbons (Fsp3) is 0.188. The molecule has 1 amide bonds. The lowest BCUT2D eigenvalue weighted by Crippen LogP contribution is -2.24. The van der Waals surface area contributed by atoms with Gasteiger partial charge in [0.1, 0.15) is 0 Å². The van der Waals surface area contributed by atoms with E-state index in [9.17, 15) is 18.0 Å². The van der Waals surface area contributed by atoms with Crippen molar-refractivity contribution in [1.29, 1.82) is 0 Å². The Hall–Kier alpha value is -2.52. The second-order valence-electron chi connectivity index (χ2n) is 5.42. The predicted molar refractivity (Wildman–Crippen MR) is 92.2 cm³/mol. The molecule has 3 aromatic rings. The number of alkyl halides is 3. The number of methoxy groups -OCH3 is 1. The molecule has 6 nitrogen and oxygen atoms in total. The summed E-state index contributed by atoms with van der Waals surface area (Å²) >= 11 is 12.0. The maximum Gasteiger partial charge on any atom is 0.417 e. The van der Waals surface area contributed by atoms with Crippen molar-refractivity contribution in [1.82, 2.24) is 19.9 Å². The number of aromatic nitrogens is 3. The molecule has 1 aromatic carbocycles. The molecule has 0 saturated carbocycles. The number of fused-ring (bicyclic) bond motifs is 1. The van der Waals surface area contributed by atoms with Crippen molar-refractivity contribution in [3.05, 3.63) is 57.5 Å². The molecule has 3 rings (SSSR count). The molecule has 0 saturated heterocycles. The summed E-state index contributed by atoms with van der Waals surface area (Å²) in [5, 5.41) is 10.4. The summed E-state index contributed by atoms with van der Waals surface area (Å²) in [7, 11) is 1.39. The summed E-state index contributed by atoms with van der Waals surface area (Å²) < 4.78 is 44.8. The zero-order valence-electron chi connectivity index (χ0n) is 13.6. The number of carbonyl (C=O) groups is 1. The van der Waals surface area contributed by atoms with E-state index in [1.165, 1.54) is 25.3 Å². The first-order valence-electron chi connectivity index (χ1n) is 7.43. The lowest BCUT2D eigenvalue weighted by Gasteiger charge is -2.10. The Morgan fingerprint density at radius 3 is 2.48 bits per heavy atom. The Bertz CT molecular complexity index is 998. The van der Waals surface area contributed by atoms with Crippen LogP contribution in [-0.4, -0.2) is 27.6 Å². The number of rotatable bonds is 4. The summed E-state index contributed by atoms with van der Waals surface area (Å²) in [6.07, 6.45) is -3.63. The van der Waals surface area contributed by atoms with Gasteiger partial charge >= 0.3 is 6.18 Å². The van der Waals surface area contributed by atoms with E-state index in [4.69, 9.17) is 27.9 Å². The molecule has 0 fully saturated rings. The highest BCUT2D eigenvalue weighted by molar-refractivity contribution is 6.37. The molecule has 0 spiro atoms. The van der Waals surface area contributed by atoms with Gasteiger partial charge in [-0.05, 0) is 24.3 Å². The van der Waals surface area contributed by atoms with Gasteiger partial charge in [-0.3, -0.25) is 9.20 Å². The van der Waals surface area contributed by atoms with Gasteiger partial charge in [0.15, 0.2) is 17.2 Å². The van der Waals surface area contributed by atoms with Crippen LogP contribution in [0.5, 0.6) is 5.75 Å². The molecule has 0 bridgehead atoms. The van der Waals surface area contributed by atoms with Crippen molar-refractivity contribution in [2.24, 2.45) is 0 Å². The molecule has 0 aliphatic heterocycles. The Kier molecular flexibility index (Phi) is 5.16. The molecule has 0 radical (unpaired) electrons. The van der Waals surface area contributed by atoms with E-state index >= 15 is 0 Å². The molecule has 0 aliphatic carbocycles. The second-order valence-corrected chi connectivity index (χ2v) is 6.23. The van der Waals surface area contributed by atoms with E-state index in [-0.39, 0.29) is 39.4 Å². The Balaban J connectivity index is 1.81. The van der Waals surface area contributed by atoms with Crippen LogP contribution in [0.25, 0.3) is 5.65 Å². The summed E-state index contributed by atoms with van der Waals surface area (Å²) in [4.78, 5) is 12.3. The van der Waals surface area contributed by atoms with Gasteiger partial charge < -0.3 is 10.1 Å². The van der Waals surface area contributed by atoms with Crippen molar-refractivity contribution >= 4 is 34.8 Å². The third-order valence-electron chi connectivity index (χ3n) is 3.67. The number of nitrogens with one attached hydrogen (secondary N) is 1. The third kappa shape index (κ3) is 3.93. The molecule has 0 aliphatic rings. The number of hydrogen-bond acceptors (Lipinski definition) is 4. The summed E-state index contributed by atoms with van der Waals surface area (Å²) in [6.45, 7) is -0.150. The van der Waals surface area contributed by atoms with Crippen LogP contribution in [0.1, 0.15) is 21.7 Å². The molecule has 142 valence electrons. The van der Waals surface area contributed by atoms with Gasteiger partial charge in [-0.15, -0.1) is 10.2 Å². The normalized spacial score (nSPS) is 11.6. The van der Waals surface area contributed by atoms with E-state index in [1.807, 2.05) is 0 Å². The van der Waals surface area contributed by atoms with Gasteiger partial charge in [-0.1, -0.05) is 23.2 Å². The topological polar surface area (TPSA) is 68.5 Å². The van der Waals surface area contributed by atoms with Crippen molar-refractivity contribution in [3.8, 4) is 5.75 Å². The van der Waals surface area contributed by atoms with Gasteiger partial charge in [0, 0.05) is 11.8 Å². The lowest BCUT2D eigenvalue weighted by molar-refractivity contribution is -0.137. The van der Waals surface area contributed by atoms with E-state index in [2.05, 4.69) is 15.5 Å². The van der Waals surface area contributed by atoms with Gasteiger partial charge in [-0.25, -0.2) is 0 Å². The monoisotopic (exact) mass is 418 g/mol. The van der Waals surface area contributed by atoms with Gasteiger partial charge in [0.25, 0.3) is 5.91 Å². The maximum absolute atomic E-state index is 12.9. The molecule has 11 heteroatoms. The Morgan fingerprint density at radius 2 is 1.89 bits per heavy atom. The average Bonchev–Trinajstić information content (AvgIpc) is 3.01. The quantitative estimate of drug-likeness (QED) is 0.695. The Labute approximate surface area is 160 Å². The molecule has 2 aromatic heterocycles. The van der Waals surface area contributed by atoms with Gasteiger partial charge in [-0.2, -0.15) is 13.2 Å². The van der Waals surface area contributed by atoms with E-state index < -0.39 is 17.6 Å².